The minimum atomic E-state index is -0.824. The predicted molar refractivity (Wildman–Crippen MR) is 102 cm³/mol. The van der Waals surface area contributed by atoms with Crippen molar-refractivity contribution in [1.82, 2.24) is 0 Å². The standard InChI is InChI=1S/C20H16ClFN2O4/c1-11(2)28-20(27)12-7-3-6-10-15(12)24-18(25)16(21)17(19(24)26)23-14-9-5-4-8-13(14)22/h3-11,23H,1-2H3. The lowest BCUT2D eigenvalue weighted by atomic mass is 10.1. The first kappa shape index (κ1) is 19.6. The average molecular weight is 403 g/mol. The fourth-order valence-corrected chi connectivity index (χ4v) is 2.86. The molecule has 0 aromatic heterocycles. The molecule has 144 valence electrons. The monoisotopic (exact) mass is 402 g/mol. The Morgan fingerprint density at radius 1 is 1.07 bits per heavy atom. The smallest absolute Gasteiger partial charge is 0.340 e. The number of para-hydroxylation sites is 2. The Kier molecular flexibility index (Phi) is 5.46. The molecule has 28 heavy (non-hydrogen) atoms. The van der Waals surface area contributed by atoms with Crippen molar-refractivity contribution in [1.29, 1.82) is 0 Å². The molecule has 1 heterocycles. The Labute approximate surface area is 165 Å². The van der Waals surface area contributed by atoms with Crippen molar-refractivity contribution in [2.75, 3.05) is 10.2 Å². The Balaban J connectivity index is 1.96. The number of esters is 1. The lowest BCUT2D eigenvalue weighted by Gasteiger charge is -2.19. The van der Waals surface area contributed by atoms with E-state index in [1.54, 1.807) is 32.0 Å². The number of anilines is 2. The van der Waals surface area contributed by atoms with E-state index in [-0.39, 0.29) is 28.7 Å². The molecule has 0 spiro atoms. The number of carbonyl (C=O) groups is 3. The Bertz CT molecular complexity index is 1000. The van der Waals surface area contributed by atoms with E-state index in [4.69, 9.17) is 16.3 Å². The van der Waals surface area contributed by atoms with Gasteiger partial charge in [0.25, 0.3) is 11.8 Å². The molecule has 1 aliphatic heterocycles. The summed E-state index contributed by atoms with van der Waals surface area (Å²) in [7, 11) is 0. The topological polar surface area (TPSA) is 75.7 Å². The summed E-state index contributed by atoms with van der Waals surface area (Å²) in [6, 6.07) is 11.7. The third-order valence-corrected chi connectivity index (χ3v) is 4.22. The zero-order chi connectivity index (χ0) is 20.4. The number of amides is 2. The van der Waals surface area contributed by atoms with Crippen LogP contribution in [0.25, 0.3) is 0 Å². The molecule has 0 fully saturated rings. The molecule has 0 atom stereocenters. The molecule has 2 amide bonds. The number of imide groups is 1. The molecule has 0 bridgehead atoms. The summed E-state index contributed by atoms with van der Waals surface area (Å²) < 4.78 is 19.1. The molecule has 1 N–H and O–H groups in total. The Hall–Kier alpha value is -3.19. The van der Waals surface area contributed by atoms with Crippen LogP contribution in [0.15, 0.2) is 59.3 Å². The van der Waals surface area contributed by atoms with Crippen LogP contribution in [0.4, 0.5) is 15.8 Å². The van der Waals surface area contributed by atoms with Crippen molar-refractivity contribution in [3.63, 3.8) is 0 Å². The number of benzene rings is 2. The third-order valence-electron chi connectivity index (χ3n) is 3.87. The molecule has 0 radical (unpaired) electrons. The van der Waals surface area contributed by atoms with Gasteiger partial charge in [0.05, 0.1) is 23.0 Å². The van der Waals surface area contributed by atoms with Crippen molar-refractivity contribution in [3.8, 4) is 0 Å². The Morgan fingerprint density at radius 3 is 2.39 bits per heavy atom. The summed E-state index contributed by atoms with van der Waals surface area (Å²) in [6.45, 7) is 3.36. The molecule has 3 rings (SSSR count). The second-order valence-corrected chi connectivity index (χ2v) is 6.59. The minimum Gasteiger partial charge on any atom is -0.459 e. The van der Waals surface area contributed by atoms with Crippen LogP contribution in [-0.4, -0.2) is 23.9 Å². The molecule has 0 aliphatic carbocycles. The largest absolute Gasteiger partial charge is 0.459 e. The first-order valence-corrected chi connectivity index (χ1v) is 8.79. The quantitative estimate of drug-likeness (QED) is 0.607. The van der Waals surface area contributed by atoms with E-state index in [0.29, 0.717) is 0 Å². The fourth-order valence-electron chi connectivity index (χ4n) is 2.65. The van der Waals surface area contributed by atoms with E-state index >= 15 is 0 Å². The predicted octanol–water partition coefficient (Wildman–Crippen LogP) is 3.83. The summed E-state index contributed by atoms with van der Waals surface area (Å²) in [5.41, 5.74) is -0.212. The van der Waals surface area contributed by atoms with Gasteiger partial charge in [-0.3, -0.25) is 9.59 Å². The molecule has 2 aromatic rings. The van der Waals surface area contributed by atoms with Crippen LogP contribution in [0, 0.1) is 5.82 Å². The highest BCUT2D eigenvalue weighted by atomic mass is 35.5. The maximum atomic E-state index is 13.9. The highest BCUT2D eigenvalue weighted by Crippen LogP contribution is 2.32. The van der Waals surface area contributed by atoms with Crippen LogP contribution in [0.3, 0.4) is 0 Å². The number of rotatable bonds is 5. The SMILES string of the molecule is CC(C)OC(=O)c1ccccc1N1C(=O)C(Cl)=C(Nc2ccccc2F)C1=O. The fraction of sp³-hybridized carbons (Fsp3) is 0.150. The summed E-state index contributed by atoms with van der Waals surface area (Å²) in [4.78, 5) is 38.6. The summed E-state index contributed by atoms with van der Waals surface area (Å²) in [5, 5.41) is 2.16. The summed E-state index contributed by atoms with van der Waals surface area (Å²) in [6.07, 6.45) is -0.384. The van der Waals surface area contributed by atoms with Crippen LogP contribution in [0.2, 0.25) is 0 Å². The highest BCUT2D eigenvalue weighted by Gasteiger charge is 2.40. The van der Waals surface area contributed by atoms with Gasteiger partial charge < -0.3 is 10.1 Å². The zero-order valence-electron chi connectivity index (χ0n) is 15.0. The molecule has 2 aromatic carbocycles. The van der Waals surface area contributed by atoms with Gasteiger partial charge in [-0.2, -0.15) is 0 Å². The maximum Gasteiger partial charge on any atom is 0.340 e. The number of ether oxygens (including phenoxy) is 1. The number of halogens is 2. The lowest BCUT2D eigenvalue weighted by Crippen LogP contribution is -2.34. The summed E-state index contributed by atoms with van der Waals surface area (Å²) in [5.74, 6) is -2.92. The van der Waals surface area contributed by atoms with E-state index in [1.807, 2.05) is 0 Å². The van der Waals surface area contributed by atoms with Crippen molar-refractivity contribution in [2.24, 2.45) is 0 Å². The van der Waals surface area contributed by atoms with Gasteiger partial charge in [-0.25, -0.2) is 14.1 Å². The molecule has 0 unspecified atom stereocenters. The van der Waals surface area contributed by atoms with Crippen LogP contribution < -0.4 is 10.2 Å². The van der Waals surface area contributed by atoms with E-state index in [9.17, 15) is 18.8 Å². The first-order valence-electron chi connectivity index (χ1n) is 8.41. The molecule has 6 nitrogen and oxygen atoms in total. The summed E-state index contributed by atoms with van der Waals surface area (Å²) >= 11 is 6.05. The molecule has 1 aliphatic rings. The van der Waals surface area contributed by atoms with Gasteiger partial charge in [0, 0.05) is 0 Å². The van der Waals surface area contributed by atoms with Gasteiger partial charge in [-0.1, -0.05) is 35.9 Å². The third kappa shape index (κ3) is 3.61. The average Bonchev–Trinajstić information content (AvgIpc) is 2.86. The normalized spacial score (nSPS) is 14.1. The Morgan fingerprint density at radius 2 is 1.71 bits per heavy atom. The van der Waals surface area contributed by atoms with E-state index < -0.39 is 28.6 Å². The van der Waals surface area contributed by atoms with Crippen LogP contribution in [0.1, 0.15) is 24.2 Å². The number of carbonyl (C=O) groups excluding carboxylic acids is 3. The van der Waals surface area contributed by atoms with Gasteiger partial charge in [0.15, 0.2) is 0 Å². The van der Waals surface area contributed by atoms with Gasteiger partial charge in [-0.05, 0) is 38.1 Å². The van der Waals surface area contributed by atoms with Gasteiger partial charge in [0.2, 0.25) is 0 Å². The zero-order valence-corrected chi connectivity index (χ0v) is 15.8. The molecular formula is C20H16ClFN2O4. The van der Waals surface area contributed by atoms with E-state index in [1.165, 1.54) is 30.3 Å². The van der Waals surface area contributed by atoms with Crippen LogP contribution in [-0.2, 0) is 14.3 Å². The van der Waals surface area contributed by atoms with Gasteiger partial charge in [-0.15, -0.1) is 0 Å². The van der Waals surface area contributed by atoms with Crippen molar-refractivity contribution < 1.29 is 23.5 Å². The number of nitrogens with one attached hydrogen (secondary N) is 1. The molecular weight excluding hydrogens is 387 g/mol. The molecule has 0 saturated heterocycles. The van der Waals surface area contributed by atoms with E-state index in [2.05, 4.69) is 5.32 Å². The van der Waals surface area contributed by atoms with E-state index in [0.717, 1.165) is 4.90 Å². The minimum absolute atomic E-state index is 0.00819. The highest BCUT2D eigenvalue weighted by molar-refractivity contribution is 6.53. The van der Waals surface area contributed by atoms with Gasteiger partial charge in [0.1, 0.15) is 16.5 Å². The van der Waals surface area contributed by atoms with Crippen LogP contribution >= 0.6 is 11.6 Å². The molecule has 0 saturated carbocycles. The first-order chi connectivity index (χ1) is 13.3. The maximum absolute atomic E-state index is 13.9. The number of hydrogen-bond acceptors (Lipinski definition) is 5. The lowest BCUT2D eigenvalue weighted by molar-refractivity contribution is -0.120. The van der Waals surface area contributed by atoms with Crippen molar-refractivity contribution in [2.45, 2.75) is 20.0 Å². The number of hydrogen-bond donors (Lipinski definition) is 1. The molecule has 8 heteroatoms. The van der Waals surface area contributed by atoms with Crippen molar-refractivity contribution in [3.05, 3.63) is 70.6 Å². The van der Waals surface area contributed by atoms with Gasteiger partial charge >= 0.3 is 5.97 Å². The second kappa shape index (κ2) is 7.82. The van der Waals surface area contributed by atoms with Crippen LogP contribution in [0.5, 0.6) is 0 Å². The van der Waals surface area contributed by atoms with Crippen molar-refractivity contribution >= 4 is 40.8 Å². The number of nitrogens with zero attached hydrogens (tertiary/aromatic N) is 1. The second-order valence-electron chi connectivity index (χ2n) is 6.21.